The number of carbonyl (C=O) groups is 1. The lowest BCUT2D eigenvalue weighted by Gasteiger charge is -2.05. The Balaban J connectivity index is 1.76. The number of pyridine rings is 1. The van der Waals surface area contributed by atoms with Gasteiger partial charge in [-0.15, -0.1) is 11.3 Å². The number of rotatable bonds is 4. The van der Waals surface area contributed by atoms with E-state index in [4.69, 9.17) is 9.84 Å². The Morgan fingerprint density at radius 2 is 2.24 bits per heavy atom. The summed E-state index contributed by atoms with van der Waals surface area (Å²) in [6, 6.07) is 4.61. The third-order valence-corrected chi connectivity index (χ3v) is 3.60. The molecule has 8 heteroatoms. The highest BCUT2D eigenvalue weighted by atomic mass is 32.1. The molecule has 2 N–H and O–H groups in total. The van der Waals surface area contributed by atoms with Crippen LogP contribution < -0.4 is 10.3 Å². The van der Waals surface area contributed by atoms with Crippen molar-refractivity contribution in [2.24, 2.45) is 0 Å². The number of carboxylic acids is 1. The SMILES string of the molecule is O=C(O)c1ccc(OCc2nc3ccsc3c(=O)[nH]2)cn1. The molecule has 3 aromatic rings. The highest BCUT2D eigenvalue weighted by molar-refractivity contribution is 7.17. The molecule has 0 saturated heterocycles. The van der Waals surface area contributed by atoms with Crippen molar-refractivity contribution in [2.75, 3.05) is 0 Å². The Hall–Kier alpha value is -2.74. The summed E-state index contributed by atoms with van der Waals surface area (Å²) in [4.78, 5) is 33.1. The maximum Gasteiger partial charge on any atom is 0.354 e. The quantitative estimate of drug-likeness (QED) is 0.759. The first-order chi connectivity index (χ1) is 10.1. The number of aromatic nitrogens is 3. The zero-order valence-electron chi connectivity index (χ0n) is 10.6. The van der Waals surface area contributed by atoms with Crippen LogP contribution in [0.3, 0.4) is 0 Å². The zero-order chi connectivity index (χ0) is 14.8. The van der Waals surface area contributed by atoms with Gasteiger partial charge in [0.05, 0.1) is 11.7 Å². The average molecular weight is 303 g/mol. The molecule has 0 radical (unpaired) electrons. The molecule has 0 amide bonds. The lowest BCUT2D eigenvalue weighted by molar-refractivity contribution is 0.0690. The average Bonchev–Trinajstić information content (AvgIpc) is 2.94. The number of hydrogen-bond donors (Lipinski definition) is 2. The molecular formula is C13H9N3O4S. The van der Waals surface area contributed by atoms with E-state index in [0.29, 0.717) is 21.8 Å². The number of carboxylic acid groups (broad SMARTS) is 1. The van der Waals surface area contributed by atoms with Crippen LogP contribution in [-0.4, -0.2) is 26.0 Å². The fraction of sp³-hybridized carbons (Fsp3) is 0.0769. The van der Waals surface area contributed by atoms with Crippen molar-refractivity contribution < 1.29 is 14.6 Å². The van der Waals surface area contributed by atoms with Crippen LogP contribution in [-0.2, 0) is 6.61 Å². The van der Waals surface area contributed by atoms with E-state index >= 15 is 0 Å². The number of ether oxygens (including phenoxy) is 1. The zero-order valence-corrected chi connectivity index (χ0v) is 11.4. The molecule has 106 valence electrons. The number of thiophene rings is 1. The van der Waals surface area contributed by atoms with Crippen molar-refractivity contribution in [3.05, 3.63) is 51.6 Å². The summed E-state index contributed by atoms with van der Waals surface area (Å²) >= 11 is 1.33. The Morgan fingerprint density at radius 3 is 2.95 bits per heavy atom. The van der Waals surface area contributed by atoms with Crippen molar-refractivity contribution in [1.82, 2.24) is 15.0 Å². The maximum atomic E-state index is 11.8. The number of H-pyrrole nitrogens is 1. The van der Waals surface area contributed by atoms with Gasteiger partial charge in [-0.25, -0.2) is 14.8 Å². The van der Waals surface area contributed by atoms with Crippen molar-refractivity contribution in [3.8, 4) is 5.75 Å². The van der Waals surface area contributed by atoms with Gasteiger partial charge in [-0.2, -0.15) is 0 Å². The first-order valence-corrected chi connectivity index (χ1v) is 6.80. The minimum Gasteiger partial charge on any atom is -0.484 e. The molecule has 0 aliphatic rings. The van der Waals surface area contributed by atoms with Gasteiger partial charge in [0.1, 0.15) is 28.6 Å². The van der Waals surface area contributed by atoms with Gasteiger partial charge in [-0.1, -0.05) is 0 Å². The number of nitrogens with zero attached hydrogens (tertiary/aromatic N) is 2. The molecule has 0 aliphatic carbocycles. The van der Waals surface area contributed by atoms with E-state index in [9.17, 15) is 9.59 Å². The summed E-state index contributed by atoms with van der Waals surface area (Å²) in [6.45, 7) is 0.0646. The summed E-state index contributed by atoms with van der Waals surface area (Å²) in [5, 5.41) is 10.5. The van der Waals surface area contributed by atoms with Crippen LogP contribution in [0.5, 0.6) is 5.75 Å². The minimum absolute atomic E-state index is 0.0615. The smallest absolute Gasteiger partial charge is 0.354 e. The topological polar surface area (TPSA) is 105 Å². The van der Waals surface area contributed by atoms with E-state index in [1.54, 1.807) is 11.4 Å². The van der Waals surface area contributed by atoms with E-state index in [0.717, 1.165) is 0 Å². The number of aromatic carboxylic acids is 1. The largest absolute Gasteiger partial charge is 0.484 e. The highest BCUT2D eigenvalue weighted by Gasteiger charge is 2.07. The van der Waals surface area contributed by atoms with Crippen molar-refractivity contribution >= 4 is 27.5 Å². The first-order valence-electron chi connectivity index (χ1n) is 5.92. The molecule has 3 heterocycles. The third-order valence-electron chi connectivity index (χ3n) is 2.69. The standard InChI is InChI=1S/C13H9N3O4S/c17-12-11-8(3-4-21-11)15-10(16-12)6-20-7-1-2-9(13(18)19)14-5-7/h1-5H,6H2,(H,18,19)(H,15,16,17). The van der Waals surface area contributed by atoms with Gasteiger partial charge < -0.3 is 14.8 Å². The van der Waals surface area contributed by atoms with Crippen molar-refractivity contribution in [3.63, 3.8) is 0 Å². The molecule has 0 spiro atoms. The molecule has 0 bridgehead atoms. The van der Waals surface area contributed by atoms with E-state index in [1.807, 2.05) is 0 Å². The fourth-order valence-corrected chi connectivity index (χ4v) is 2.46. The molecule has 3 aromatic heterocycles. The van der Waals surface area contributed by atoms with Crippen LogP contribution in [0, 0.1) is 0 Å². The second-order valence-electron chi connectivity index (χ2n) is 4.12. The molecule has 0 atom stereocenters. The van der Waals surface area contributed by atoms with Gasteiger partial charge in [0.2, 0.25) is 0 Å². The monoisotopic (exact) mass is 303 g/mol. The highest BCUT2D eigenvalue weighted by Crippen LogP contribution is 2.15. The Labute approximate surface area is 121 Å². The number of nitrogens with one attached hydrogen (secondary N) is 1. The van der Waals surface area contributed by atoms with Crippen LogP contribution in [0.1, 0.15) is 16.3 Å². The lowest BCUT2D eigenvalue weighted by Crippen LogP contribution is -2.12. The normalized spacial score (nSPS) is 10.7. The molecule has 7 nitrogen and oxygen atoms in total. The van der Waals surface area contributed by atoms with Crippen LogP contribution in [0.15, 0.2) is 34.6 Å². The molecular weight excluding hydrogens is 294 g/mol. The van der Waals surface area contributed by atoms with Crippen LogP contribution in [0.4, 0.5) is 0 Å². The molecule has 3 rings (SSSR count). The summed E-state index contributed by atoms with van der Waals surface area (Å²) in [6.07, 6.45) is 1.31. The van der Waals surface area contributed by atoms with Crippen LogP contribution >= 0.6 is 11.3 Å². The van der Waals surface area contributed by atoms with Crippen LogP contribution in [0.25, 0.3) is 10.2 Å². The van der Waals surface area contributed by atoms with E-state index in [-0.39, 0.29) is 17.9 Å². The van der Waals surface area contributed by atoms with Gasteiger partial charge in [-0.3, -0.25) is 4.79 Å². The second kappa shape index (κ2) is 5.33. The minimum atomic E-state index is -1.10. The molecule has 0 unspecified atom stereocenters. The van der Waals surface area contributed by atoms with Gasteiger partial charge in [0, 0.05) is 0 Å². The van der Waals surface area contributed by atoms with Gasteiger partial charge in [0.15, 0.2) is 0 Å². The van der Waals surface area contributed by atoms with Crippen LogP contribution in [0.2, 0.25) is 0 Å². The molecule has 0 aliphatic heterocycles. The summed E-state index contributed by atoms with van der Waals surface area (Å²) < 4.78 is 6.00. The number of hydrogen-bond acceptors (Lipinski definition) is 6. The predicted molar refractivity (Wildman–Crippen MR) is 75.8 cm³/mol. The fourth-order valence-electron chi connectivity index (χ4n) is 1.73. The summed E-state index contributed by atoms with van der Waals surface area (Å²) in [7, 11) is 0. The molecule has 0 saturated carbocycles. The van der Waals surface area contributed by atoms with E-state index < -0.39 is 5.97 Å². The molecule has 21 heavy (non-hydrogen) atoms. The first kappa shape index (κ1) is 13.3. The van der Waals surface area contributed by atoms with Gasteiger partial charge in [-0.05, 0) is 23.6 Å². The molecule has 0 aromatic carbocycles. The predicted octanol–water partition coefficient (Wildman–Crippen LogP) is 1.66. The third kappa shape index (κ3) is 2.75. The summed E-state index contributed by atoms with van der Waals surface area (Å²) in [5.74, 6) is -0.309. The molecule has 0 fully saturated rings. The van der Waals surface area contributed by atoms with Crippen molar-refractivity contribution in [1.29, 1.82) is 0 Å². The Morgan fingerprint density at radius 1 is 1.38 bits per heavy atom. The van der Waals surface area contributed by atoms with Gasteiger partial charge >= 0.3 is 5.97 Å². The Bertz CT molecular complexity index is 854. The van der Waals surface area contributed by atoms with Crippen molar-refractivity contribution in [2.45, 2.75) is 6.61 Å². The lowest BCUT2D eigenvalue weighted by atomic mass is 10.3. The van der Waals surface area contributed by atoms with E-state index in [2.05, 4.69) is 15.0 Å². The summed E-state index contributed by atoms with van der Waals surface area (Å²) in [5.41, 5.74) is 0.364. The maximum absolute atomic E-state index is 11.8. The number of aromatic amines is 1. The van der Waals surface area contributed by atoms with Gasteiger partial charge in [0.25, 0.3) is 5.56 Å². The number of fused-ring (bicyclic) bond motifs is 1. The second-order valence-corrected chi connectivity index (χ2v) is 5.04. The van der Waals surface area contributed by atoms with E-state index in [1.165, 1.54) is 29.7 Å². The Kier molecular flexibility index (Phi) is 3.36.